The van der Waals surface area contributed by atoms with Crippen molar-refractivity contribution in [3.05, 3.63) is 66.4 Å². The first-order valence-corrected chi connectivity index (χ1v) is 9.22. The number of fused-ring (bicyclic) bond motifs is 1. The van der Waals surface area contributed by atoms with Gasteiger partial charge in [-0.2, -0.15) is 0 Å². The van der Waals surface area contributed by atoms with Crippen molar-refractivity contribution in [3.63, 3.8) is 0 Å². The van der Waals surface area contributed by atoms with E-state index in [1.807, 2.05) is 54.6 Å². The number of hydrogen-bond donors (Lipinski definition) is 1. The van der Waals surface area contributed by atoms with E-state index in [2.05, 4.69) is 29.0 Å². The highest BCUT2D eigenvalue weighted by molar-refractivity contribution is 6.05. The highest BCUT2D eigenvalue weighted by atomic mass is 16.1. The highest BCUT2D eigenvalue weighted by Crippen LogP contribution is 2.19. The first-order valence-electron chi connectivity index (χ1n) is 9.22. The number of nitrogens with one attached hydrogen (secondary N) is 1. The first-order chi connectivity index (χ1) is 12.7. The topological polar surface area (TPSA) is 45.2 Å². The molecule has 134 valence electrons. The number of carbonyl (C=O) groups is 1. The fraction of sp³-hybridized carbons (Fsp3) is 0.273. The van der Waals surface area contributed by atoms with Crippen LogP contribution >= 0.6 is 0 Å². The molecule has 0 aliphatic carbocycles. The molecule has 4 heteroatoms. The molecule has 1 amide bonds. The van der Waals surface area contributed by atoms with Crippen molar-refractivity contribution in [3.8, 4) is 0 Å². The lowest BCUT2D eigenvalue weighted by Gasteiger charge is -2.23. The predicted octanol–water partition coefficient (Wildman–Crippen LogP) is 5.11. The fourth-order valence-corrected chi connectivity index (χ4v) is 3.08. The molecule has 4 nitrogen and oxygen atoms in total. The Morgan fingerprint density at radius 2 is 1.69 bits per heavy atom. The molecule has 1 heterocycles. The van der Waals surface area contributed by atoms with Crippen LogP contribution in [0.5, 0.6) is 0 Å². The minimum atomic E-state index is -0.119. The summed E-state index contributed by atoms with van der Waals surface area (Å²) in [6.45, 7) is 6.43. The number of hydrogen-bond acceptors (Lipinski definition) is 3. The van der Waals surface area contributed by atoms with Gasteiger partial charge in [-0.15, -0.1) is 0 Å². The van der Waals surface area contributed by atoms with Crippen LogP contribution in [0.3, 0.4) is 0 Å². The van der Waals surface area contributed by atoms with Crippen LogP contribution in [0.4, 0.5) is 11.4 Å². The van der Waals surface area contributed by atoms with Gasteiger partial charge in [-0.3, -0.25) is 9.78 Å². The third kappa shape index (κ3) is 4.20. The third-order valence-corrected chi connectivity index (χ3v) is 4.33. The van der Waals surface area contributed by atoms with Crippen LogP contribution < -0.4 is 10.2 Å². The Bertz CT molecular complexity index is 868. The Morgan fingerprint density at radius 1 is 1.00 bits per heavy atom. The van der Waals surface area contributed by atoms with Gasteiger partial charge >= 0.3 is 0 Å². The Morgan fingerprint density at radius 3 is 2.38 bits per heavy atom. The second-order valence-corrected chi connectivity index (χ2v) is 6.40. The predicted molar refractivity (Wildman–Crippen MR) is 109 cm³/mol. The van der Waals surface area contributed by atoms with Gasteiger partial charge in [0.05, 0.1) is 17.4 Å². The number of carbonyl (C=O) groups excluding carboxylic acids is 1. The van der Waals surface area contributed by atoms with E-state index in [0.717, 1.165) is 42.5 Å². The van der Waals surface area contributed by atoms with Gasteiger partial charge in [-0.05, 0) is 49.2 Å². The van der Waals surface area contributed by atoms with Gasteiger partial charge in [-0.1, -0.05) is 32.0 Å². The molecular weight excluding hydrogens is 322 g/mol. The zero-order chi connectivity index (χ0) is 18.4. The molecule has 0 saturated heterocycles. The Hall–Kier alpha value is -2.88. The Labute approximate surface area is 154 Å². The molecular formula is C22H25N3O. The standard InChI is InChI=1S/C22H25N3O/c1-3-13-25(14-4-2)20-11-9-17(10-12-20)22(26)24-19-15-18-7-5-6-8-21(18)23-16-19/h5-12,15-16H,3-4,13-14H2,1-2H3,(H,24,26). The average Bonchev–Trinajstić information content (AvgIpc) is 2.68. The van der Waals surface area contributed by atoms with Crippen LogP contribution in [0.15, 0.2) is 60.8 Å². The van der Waals surface area contributed by atoms with Crippen molar-refractivity contribution >= 4 is 28.2 Å². The molecule has 0 radical (unpaired) electrons. The lowest BCUT2D eigenvalue weighted by Crippen LogP contribution is -2.24. The maximum absolute atomic E-state index is 12.5. The monoisotopic (exact) mass is 347 g/mol. The molecule has 26 heavy (non-hydrogen) atoms. The molecule has 0 fully saturated rings. The van der Waals surface area contributed by atoms with Crippen LogP contribution in [0.2, 0.25) is 0 Å². The minimum absolute atomic E-state index is 0.119. The van der Waals surface area contributed by atoms with Crippen molar-refractivity contribution in [1.82, 2.24) is 4.98 Å². The van der Waals surface area contributed by atoms with E-state index in [0.29, 0.717) is 11.3 Å². The molecule has 1 N–H and O–H groups in total. The second kappa shape index (κ2) is 8.48. The minimum Gasteiger partial charge on any atom is -0.372 e. The third-order valence-electron chi connectivity index (χ3n) is 4.33. The Kier molecular flexibility index (Phi) is 5.84. The number of rotatable bonds is 7. The molecule has 0 aliphatic rings. The molecule has 0 unspecified atom stereocenters. The van der Waals surface area contributed by atoms with Gasteiger partial charge < -0.3 is 10.2 Å². The van der Waals surface area contributed by atoms with Gasteiger partial charge in [0.2, 0.25) is 0 Å². The van der Waals surface area contributed by atoms with Crippen molar-refractivity contribution in [1.29, 1.82) is 0 Å². The second-order valence-electron chi connectivity index (χ2n) is 6.40. The summed E-state index contributed by atoms with van der Waals surface area (Å²) in [6.07, 6.45) is 3.91. The highest BCUT2D eigenvalue weighted by Gasteiger charge is 2.09. The van der Waals surface area contributed by atoms with Crippen LogP contribution in [0.1, 0.15) is 37.0 Å². The van der Waals surface area contributed by atoms with E-state index < -0.39 is 0 Å². The molecule has 3 aromatic rings. The lowest BCUT2D eigenvalue weighted by atomic mass is 10.1. The molecule has 0 spiro atoms. The quantitative estimate of drug-likeness (QED) is 0.646. The van der Waals surface area contributed by atoms with Crippen LogP contribution in [0, 0.1) is 0 Å². The lowest BCUT2D eigenvalue weighted by molar-refractivity contribution is 0.102. The number of para-hydroxylation sites is 1. The average molecular weight is 347 g/mol. The summed E-state index contributed by atoms with van der Waals surface area (Å²) in [5, 5.41) is 3.94. The maximum atomic E-state index is 12.5. The van der Waals surface area contributed by atoms with Crippen molar-refractivity contribution in [2.75, 3.05) is 23.3 Å². The smallest absolute Gasteiger partial charge is 0.255 e. The van der Waals surface area contributed by atoms with Crippen molar-refractivity contribution in [2.45, 2.75) is 26.7 Å². The summed E-state index contributed by atoms with van der Waals surface area (Å²) in [4.78, 5) is 19.3. The van der Waals surface area contributed by atoms with Gasteiger partial charge in [0.15, 0.2) is 0 Å². The summed E-state index contributed by atoms with van der Waals surface area (Å²) in [7, 11) is 0. The maximum Gasteiger partial charge on any atom is 0.255 e. The summed E-state index contributed by atoms with van der Waals surface area (Å²) < 4.78 is 0. The molecule has 0 atom stereocenters. The molecule has 1 aromatic heterocycles. The summed E-state index contributed by atoms with van der Waals surface area (Å²) in [5.41, 5.74) is 3.44. The number of pyridine rings is 1. The van der Waals surface area contributed by atoms with Gasteiger partial charge in [-0.25, -0.2) is 0 Å². The zero-order valence-corrected chi connectivity index (χ0v) is 15.4. The SMILES string of the molecule is CCCN(CCC)c1ccc(C(=O)Nc2cnc3ccccc3c2)cc1. The van der Waals surface area contributed by atoms with E-state index >= 15 is 0 Å². The van der Waals surface area contributed by atoms with Crippen LogP contribution in [0.25, 0.3) is 10.9 Å². The van der Waals surface area contributed by atoms with Gasteiger partial charge in [0, 0.05) is 29.7 Å². The molecule has 0 saturated carbocycles. The largest absolute Gasteiger partial charge is 0.372 e. The van der Waals surface area contributed by atoms with Crippen molar-refractivity contribution in [2.24, 2.45) is 0 Å². The number of amides is 1. The zero-order valence-electron chi connectivity index (χ0n) is 15.4. The molecule has 2 aromatic carbocycles. The van der Waals surface area contributed by atoms with Gasteiger partial charge in [0.1, 0.15) is 0 Å². The number of anilines is 2. The summed E-state index contributed by atoms with van der Waals surface area (Å²) in [5.74, 6) is -0.119. The van der Waals surface area contributed by atoms with E-state index in [9.17, 15) is 4.79 Å². The van der Waals surface area contributed by atoms with E-state index in [1.54, 1.807) is 6.20 Å². The summed E-state index contributed by atoms with van der Waals surface area (Å²) >= 11 is 0. The van der Waals surface area contributed by atoms with E-state index in [4.69, 9.17) is 0 Å². The van der Waals surface area contributed by atoms with E-state index in [1.165, 1.54) is 0 Å². The van der Waals surface area contributed by atoms with Gasteiger partial charge in [0.25, 0.3) is 5.91 Å². The number of nitrogens with zero attached hydrogens (tertiary/aromatic N) is 2. The Balaban J connectivity index is 1.72. The van der Waals surface area contributed by atoms with Crippen molar-refractivity contribution < 1.29 is 4.79 Å². The molecule has 0 bridgehead atoms. The normalized spacial score (nSPS) is 10.7. The van der Waals surface area contributed by atoms with Crippen LogP contribution in [-0.2, 0) is 0 Å². The summed E-state index contributed by atoms with van der Waals surface area (Å²) in [6, 6.07) is 17.6. The van der Waals surface area contributed by atoms with Crippen LogP contribution in [-0.4, -0.2) is 24.0 Å². The van der Waals surface area contributed by atoms with E-state index in [-0.39, 0.29) is 5.91 Å². The number of benzene rings is 2. The number of aromatic nitrogens is 1. The first kappa shape index (κ1) is 17.9. The fourth-order valence-electron chi connectivity index (χ4n) is 3.08. The molecule has 0 aliphatic heterocycles. The molecule has 3 rings (SSSR count).